The lowest BCUT2D eigenvalue weighted by atomic mass is 10.2. The summed E-state index contributed by atoms with van der Waals surface area (Å²) in [5.41, 5.74) is 1.79. The molecule has 122 valence electrons. The monoisotopic (exact) mass is 314 g/mol. The molecule has 3 rings (SSSR count). The summed E-state index contributed by atoms with van der Waals surface area (Å²) in [6.07, 6.45) is 1.58. The van der Waals surface area contributed by atoms with Crippen LogP contribution in [0.5, 0.6) is 0 Å². The van der Waals surface area contributed by atoms with E-state index in [1.807, 2.05) is 38.1 Å². The van der Waals surface area contributed by atoms with Gasteiger partial charge in [0.2, 0.25) is 0 Å². The predicted molar refractivity (Wildman–Crippen MR) is 89.5 cm³/mol. The lowest BCUT2D eigenvalue weighted by Crippen LogP contribution is -2.49. The number of rotatable bonds is 3. The van der Waals surface area contributed by atoms with Gasteiger partial charge in [-0.2, -0.15) is 0 Å². The molecule has 1 aromatic carbocycles. The third-order valence-electron chi connectivity index (χ3n) is 3.84. The van der Waals surface area contributed by atoms with Gasteiger partial charge in [0.15, 0.2) is 0 Å². The number of ether oxygens (including phenoxy) is 1. The van der Waals surface area contributed by atoms with E-state index in [2.05, 4.69) is 14.9 Å². The van der Waals surface area contributed by atoms with Crippen LogP contribution in [0.15, 0.2) is 30.5 Å². The van der Waals surface area contributed by atoms with E-state index in [9.17, 15) is 4.79 Å². The summed E-state index contributed by atoms with van der Waals surface area (Å²) in [5.74, 6) is 1.21. The summed E-state index contributed by atoms with van der Waals surface area (Å²) >= 11 is 0. The molecule has 1 aliphatic heterocycles. The van der Waals surface area contributed by atoms with Crippen LogP contribution in [0.2, 0.25) is 0 Å². The number of piperazine rings is 1. The second-order valence-corrected chi connectivity index (χ2v) is 6.16. The smallest absolute Gasteiger partial charge is 0.409 e. The maximum absolute atomic E-state index is 12.0. The SMILES string of the molecule is CC(C)COC(=O)N1CCN(c2cnc3ccccc3n2)CC1. The molecule has 1 amide bonds. The molecule has 0 bridgehead atoms. The fraction of sp³-hybridized carbons (Fsp3) is 0.471. The Balaban J connectivity index is 1.60. The first-order valence-corrected chi connectivity index (χ1v) is 8.02. The second kappa shape index (κ2) is 6.81. The number of anilines is 1. The molecule has 6 heteroatoms. The van der Waals surface area contributed by atoms with Crippen LogP contribution in [0.1, 0.15) is 13.8 Å². The van der Waals surface area contributed by atoms with Crippen molar-refractivity contribution in [2.75, 3.05) is 37.7 Å². The van der Waals surface area contributed by atoms with Crippen LogP contribution in [0.3, 0.4) is 0 Å². The van der Waals surface area contributed by atoms with Crippen LogP contribution in [-0.4, -0.2) is 53.7 Å². The highest BCUT2D eigenvalue weighted by atomic mass is 16.6. The van der Waals surface area contributed by atoms with Gasteiger partial charge >= 0.3 is 6.09 Å². The summed E-state index contributed by atoms with van der Waals surface area (Å²) in [7, 11) is 0. The summed E-state index contributed by atoms with van der Waals surface area (Å²) in [5, 5.41) is 0. The number of carbonyl (C=O) groups is 1. The zero-order chi connectivity index (χ0) is 16.2. The Bertz CT molecular complexity index is 681. The molecule has 1 saturated heterocycles. The van der Waals surface area contributed by atoms with Crippen molar-refractivity contribution in [3.05, 3.63) is 30.5 Å². The van der Waals surface area contributed by atoms with Crippen molar-refractivity contribution in [3.8, 4) is 0 Å². The Labute approximate surface area is 136 Å². The van der Waals surface area contributed by atoms with Gasteiger partial charge in [-0.1, -0.05) is 26.0 Å². The van der Waals surface area contributed by atoms with Crippen LogP contribution in [0.4, 0.5) is 10.6 Å². The van der Waals surface area contributed by atoms with Gasteiger partial charge < -0.3 is 14.5 Å². The minimum atomic E-state index is -0.219. The zero-order valence-electron chi connectivity index (χ0n) is 13.6. The van der Waals surface area contributed by atoms with Crippen molar-refractivity contribution >= 4 is 22.9 Å². The Morgan fingerprint density at radius 3 is 2.57 bits per heavy atom. The molecule has 0 atom stereocenters. The van der Waals surface area contributed by atoms with Crippen LogP contribution >= 0.6 is 0 Å². The molecular weight excluding hydrogens is 292 g/mol. The fourth-order valence-electron chi connectivity index (χ4n) is 2.55. The Hall–Kier alpha value is -2.37. The molecule has 0 aliphatic carbocycles. The van der Waals surface area contributed by atoms with Gasteiger partial charge in [-0.25, -0.2) is 9.78 Å². The maximum atomic E-state index is 12.0. The average molecular weight is 314 g/mol. The number of fused-ring (bicyclic) bond motifs is 1. The summed E-state index contributed by atoms with van der Waals surface area (Å²) in [4.78, 5) is 25.0. The van der Waals surface area contributed by atoms with Crippen molar-refractivity contribution in [1.29, 1.82) is 0 Å². The van der Waals surface area contributed by atoms with Gasteiger partial charge in [-0.05, 0) is 18.1 Å². The van der Waals surface area contributed by atoms with E-state index in [-0.39, 0.29) is 6.09 Å². The van der Waals surface area contributed by atoms with Crippen molar-refractivity contribution in [2.45, 2.75) is 13.8 Å². The van der Waals surface area contributed by atoms with E-state index in [0.717, 1.165) is 29.9 Å². The largest absolute Gasteiger partial charge is 0.449 e. The average Bonchev–Trinajstić information content (AvgIpc) is 2.59. The quantitative estimate of drug-likeness (QED) is 0.871. The van der Waals surface area contributed by atoms with Crippen LogP contribution in [0, 0.1) is 5.92 Å². The van der Waals surface area contributed by atoms with Crippen molar-refractivity contribution in [1.82, 2.24) is 14.9 Å². The molecule has 0 unspecified atom stereocenters. The van der Waals surface area contributed by atoms with Crippen LogP contribution < -0.4 is 4.90 Å². The second-order valence-electron chi connectivity index (χ2n) is 6.16. The highest BCUT2D eigenvalue weighted by Crippen LogP contribution is 2.17. The van der Waals surface area contributed by atoms with Gasteiger partial charge in [0.05, 0.1) is 23.8 Å². The highest BCUT2D eigenvalue weighted by molar-refractivity contribution is 5.75. The van der Waals surface area contributed by atoms with Gasteiger partial charge in [0.1, 0.15) is 5.82 Å². The number of hydrogen-bond donors (Lipinski definition) is 0. The molecular formula is C17H22N4O2. The number of para-hydroxylation sites is 2. The number of amides is 1. The standard InChI is InChI=1S/C17H22N4O2/c1-13(2)12-23-17(22)21-9-7-20(8-10-21)16-11-18-14-5-3-4-6-15(14)19-16/h3-6,11,13H,7-10,12H2,1-2H3. The molecule has 0 N–H and O–H groups in total. The number of hydrogen-bond acceptors (Lipinski definition) is 5. The van der Waals surface area contributed by atoms with Crippen molar-refractivity contribution < 1.29 is 9.53 Å². The zero-order valence-corrected chi connectivity index (χ0v) is 13.6. The van der Waals surface area contributed by atoms with Gasteiger partial charge in [-0.3, -0.25) is 4.98 Å². The first-order chi connectivity index (χ1) is 11.1. The molecule has 0 radical (unpaired) electrons. The number of benzene rings is 1. The first-order valence-electron chi connectivity index (χ1n) is 8.02. The van der Waals surface area contributed by atoms with Gasteiger partial charge in [0.25, 0.3) is 0 Å². The molecule has 0 saturated carbocycles. The van der Waals surface area contributed by atoms with E-state index in [0.29, 0.717) is 25.6 Å². The van der Waals surface area contributed by atoms with E-state index >= 15 is 0 Å². The number of nitrogens with zero attached hydrogens (tertiary/aromatic N) is 4. The molecule has 1 fully saturated rings. The third-order valence-corrected chi connectivity index (χ3v) is 3.84. The minimum absolute atomic E-state index is 0.219. The maximum Gasteiger partial charge on any atom is 0.409 e. The Morgan fingerprint density at radius 2 is 1.87 bits per heavy atom. The summed E-state index contributed by atoms with van der Waals surface area (Å²) in [6.45, 7) is 7.30. The van der Waals surface area contributed by atoms with E-state index in [1.54, 1.807) is 11.1 Å². The summed E-state index contributed by atoms with van der Waals surface area (Å²) in [6, 6.07) is 7.84. The van der Waals surface area contributed by atoms with Gasteiger partial charge in [-0.15, -0.1) is 0 Å². The Kier molecular flexibility index (Phi) is 4.60. The van der Waals surface area contributed by atoms with E-state index in [4.69, 9.17) is 4.74 Å². The lowest BCUT2D eigenvalue weighted by Gasteiger charge is -2.34. The normalized spacial score (nSPS) is 15.3. The van der Waals surface area contributed by atoms with Crippen LogP contribution in [-0.2, 0) is 4.74 Å². The topological polar surface area (TPSA) is 58.6 Å². The fourth-order valence-corrected chi connectivity index (χ4v) is 2.55. The first kappa shape index (κ1) is 15.5. The summed E-state index contributed by atoms with van der Waals surface area (Å²) < 4.78 is 5.28. The number of carbonyl (C=O) groups excluding carboxylic acids is 1. The molecule has 1 aromatic heterocycles. The highest BCUT2D eigenvalue weighted by Gasteiger charge is 2.23. The molecule has 0 spiro atoms. The predicted octanol–water partition coefficient (Wildman–Crippen LogP) is 2.54. The van der Waals surface area contributed by atoms with Crippen molar-refractivity contribution in [3.63, 3.8) is 0 Å². The molecule has 2 aromatic rings. The molecule has 1 aliphatic rings. The molecule has 2 heterocycles. The van der Waals surface area contributed by atoms with Crippen LogP contribution in [0.25, 0.3) is 11.0 Å². The lowest BCUT2D eigenvalue weighted by molar-refractivity contribution is 0.0901. The molecule has 6 nitrogen and oxygen atoms in total. The third kappa shape index (κ3) is 3.70. The number of aromatic nitrogens is 2. The van der Waals surface area contributed by atoms with Gasteiger partial charge in [0, 0.05) is 26.2 Å². The molecule has 23 heavy (non-hydrogen) atoms. The van der Waals surface area contributed by atoms with E-state index in [1.165, 1.54) is 0 Å². The van der Waals surface area contributed by atoms with E-state index < -0.39 is 0 Å². The minimum Gasteiger partial charge on any atom is -0.449 e. The Morgan fingerprint density at radius 1 is 1.17 bits per heavy atom. The van der Waals surface area contributed by atoms with Crippen molar-refractivity contribution in [2.24, 2.45) is 5.92 Å².